The maximum Gasteiger partial charge on any atom is 0.227 e. The highest BCUT2D eigenvalue weighted by molar-refractivity contribution is 5.72. The molecular weight excluding hydrogens is 644 g/mol. The molecule has 0 saturated heterocycles. The summed E-state index contributed by atoms with van der Waals surface area (Å²) in [6, 6.07) is 18.3. The molecule has 0 fully saturated rings. The lowest BCUT2D eigenvalue weighted by atomic mass is 10.0. The third-order valence-electron chi connectivity index (χ3n) is 9.06. The Morgan fingerprint density at radius 3 is 2.22 bits per heavy atom. The molecule has 0 aliphatic heterocycles. The molecule has 0 bridgehead atoms. The van der Waals surface area contributed by atoms with Crippen molar-refractivity contribution in [2.75, 3.05) is 24.7 Å². The third kappa shape index (κ3) is 5.67. The minimum atomic E-state index is 0.498. The fraction of sp³-hybridized carbons (Fsp3) is 0.222. The van der Waals surface area contributed by atoms with Gasteiger partial charge in [0.05, 0.1) is 17.5 Å². The Hall–Kier alpha value is -6.64. The molecule has 0 unspecified atom stereocenters. The van der Waals surface area contributed by atoms with E-state index >= 15 is 0 Å². The minimum absolute atomic E-state index is 0.498. The molecule has 6 heterocycles. The molecule has 8 aromatic rings. The van der Waals surface area contributed by atoms with Gasteiger partial charge in [-0.25, -0.2) is 14.6 Å². The van der Waals surface area contributed by atoms with Crippen molar-refractivity contribution in [2.24, 2.45) is 14.1 Å². The van der Waals surface area contributed by atoms with E-state index in [0.717, 1.165) is 51.8 Å². The van der Waals surface area contributed by atoms with Crippen LogP contribution in [0.4, 0.5) is 11.6 Å². The summed E-state index contributed by atoms with van der Waals surface area (Å²) < 4.78 is 14.0. The first-order chi connectivity index (χ1) is 24.8. The highest BCUT2D eigenvalue weighted by Gasteiger charge is 2.22. The van der Waals surface area contributed by atoms with E-state index in [1.54, 1.807) is 17.9 Å². The molecule has 0 amide bonds. The standard InChI is InChI=1S/C36H36N14O/c1-21-26(16-23-11-8-7-9-12-23)31(46-47(21)5)29-20-50-30(43-45-35(50)33(38-4)41-29)17-24-13-10-14-25(15-24)51-36-27(18-39-48(36)6)28-19-49-22(2)42-44-34(49)32(37-3)40-28/h7-15,18-20H,16-17H2,1-6H3,(H,37,40)(H,38,41). The molecule has 6 aromatic heterocycles. The number of nitrogens with zero attached hydrogens (tertiary/aromatic N) is 12. The molecule has 256 valence electrons. The summed E-state index contributed by atoms with van der Waals surface area (Å²) in [5, 5.41) is 33.3. The molecule has 0 aliphatic carbocycles. The second-order valence-electron chi connectivity index (χ2n) is 12.3. The molecule has 51 heavy (non-hydrogen) atoms. The van der Waals surface area contributed by atoms with Crippen molar-refractivity contribution in [2.45, 2.75) is 26.7 Å². The number of benzene rings is 2. The molecular formula is C36H36N14O. The van der Waals surface area contributed by atoms with E-state index < -0.39 is 0 Å². The number of nitrogens with one attached hydrogen (secondary N) is 2. The maximum atomic E-state index is 6.49. The lowest BCUT2D eigenvalue weighted by Crippen LogP contribution is -2.04. The van der Waals surface area contributed by atoms with Gasteiger partial charge in [0.1, 0.15) is 28.8 Å². The van der Waals surface area contributed by atoms with E-state index in [2.05, 4.69) is 67.3 Å². The molecule has 0 atom stereocenters. The maximum absolute atomic E-state index is 6.49. The Morgan fingerprint density at radius 1 is 0.725 bits per heavy atom. The van der Waals surface area contributed by atoms with E-state index in [1.807, 2.05) is 84.3 Å². The number of anilines is 2. The number of aromatic nitrogens is 12. The van der Waals surface area contributed by atoms with Gasteiger partial charge in [0.2, 0.25) is 17.2 Å². The highest BCUT2D eigenvalue weighted by atomic mass is 16.5. The quantitative estimate of drug-likeness (QED) is 0.200. The van der Waals surface area contributed by atoms with Crippen LogP contribution in [-0.2, 0) is 26.9 Å². The smallest absolute Gasteiger partial charge is 0.227 e. The van der Waals surface area contributed by atoms with Crippen LogP contribution >= 0.6 is 0 Å². The van der Waals surface area contributed by atoms with Crippen LogP contribution in [0.5, 0.6) is 11.6 Å². The van der Waals surface area contributed by atoms with Gasteiger partial charge in [-0.3, -0.25) is 13.5 Å². The topological polar surface area (TPSA) is 155 Å². The van der Waals surface area contributed by atoms with Crippen LogP contribution < -0.4 is 15.4 Å². The van der Waals surface area contributed by atoms with E-state index in [9.17, 15) is 0 Å². The summed E-state index contributed by atoms with van der Waals surface area (Å²) in [5.41, 5.74) is 8.66. The van der Waals surface area contributed by atoms with Crippen LogP contribution in [-0.4, -0.2) is 72.8 Å². The van der Waals surface area contributed by atoms with Crippen LogP contribution in [0.25, 0.3) is 33.9 Å². The van der Waals surface area contributed by atoms with E-state index in [1.165, 1.54) is 5.56 Å². The van der Waals surface area contributed by atoms with Crippen molar-refractivity contribution in [3.8, 4) is 34.3 Å². The number of hydrogen-bond acceptors (Lipinski definition) is 11. The first-order valence-electron chi connectivity index (χ1n) is 16.5. The largest absolute Gasteiger partial charge is 0.439 e. The molecule has 8 rings (SSSR count). The fourth-order valence-corrected chi connectivity index (χ4v) is 6.25. The molecule has 15 heteroatoms. The minimum Gasteiger partial charge on any atom is -0.439 e. The zero-order chi connectivity index (χ0) is 35.2. The van der Waals surface area contributed by atoms with Gasteiger partial charge in [-0.05, 0) is 37.1 Å². The lowest BCUT2D eigenvalue weighted by Gasteiger charge is -2.11. The summed E-state index contributed by atoms with van der Waals surface area (Å²) in [6.07, 6.45) is 6.85. The first kappa shape index (κ1) is 31.6. The average molecular weight is 681 g/mol. The van der Waals surface area contributed by atoms with Gasteiger partial charge in [-0.2, -0.15) is 10.2 Å². The Labute approximate surface area is 293 Å². The van der Waals surface area contributed by atoms with Gasteiger partial charge < -0.3 is 15.4 Å². The molecule has 0 aliphatic rings. The van der Waals surface area contributed by atoms with Gasteiger partial charge in [-0.1, -0.05) is 42.5 Å². The average Bonchev–Trinajstić information content (AvgIpc) is 3.91. The van der Waals surface area contributed by atoms with Gasteiger partial charge in [0, 0.05) is 64.7 Å². The summed E-state index contributed by atoms with van der Waals surface area (Å²) in [5.74, 6) is 3.92. The van der Waals surface area contributed by atoms with Crippen LogP contribution in [0.1, 0.15) is 34.0 Å². The Bertz CT molecular complexity index is 2540. The van der Waals surface area contributed by atoms with Crippen molar-refractivity contribution in [1.82, 2.24) is 58.7 Å². The molecule has 0 saturated carbocycles. The van der Waals surface area contributed by atoms with Crippen molar-refractivity contribution in [3.05, 3.63) is 107 Å². The highest BCUT2D eigenvalue weighted by Crippen LogP contribution is 2.34. The zero-order valence-corrected chi connectivity index (χ0v) is 29.1. The van der Waals surface area contributed by atoms with Crippen LogP contribution in [0, 0.1) is 13.8 Å². The van der Waals surface area contributed by atoms with Crippen molar-refractivity contribution in [1.29, 1.82) is 0 Å². The summed E-state index contributed by atoms with van der Waals surface area (Å²) >= 11 is 0. The SMILES string of the molecule is CNc1nc(-c2cnn(C)c2Oc2cccc(Cc3nnc4c(NC)nc(-c5nn(C)c(C)c5Cc5ccccc5)cn34)c2)cn2c(C)nnc12. The normalized spacial score (nSPS) is 11.5. The van der Waals surface area contributed by atoms with Gasteiger partial charge in [-0.15, -0.1) is 20.4 Å². The number of rotatable bonds is 10. The molecule has 0 spiro atoms. The van der Waals surface area contributed by atoms with Gasteiger partial charge in [0.15, 0.2) is 11.6 Å². The molecule has 0 radical (unpaired) electrons. The van der Waals surface area contributed by atoms with E-state index in [0.29, 0.717) is 46.7 Å². The van der Waals surface area contributed by atoms with Crippen molar-refractivity contribution >= 4 is 22.9 Å². The second-order valence-corrected chi connectivity index (χ2v) is 12.3. The van der Waals surface area contributed by atoms with Crippen LogP contribution in [0.2, 0.25) is 0 Å². The van der Waals surface area contributed by atoms with Crippen molar-refractivity contribution in [3.63, 3.8) is 0 Å². The second kappa shape index (κ2) is 12.7. The predicted octanol–water partition coefficient (Wildman–Crippen LogP) is 5.04. The summed E-state index contributed by atoms with van der Waals surface area (Å²) in [6.45, 7) is 3.99. The first-order valence-corrected chi connectivity index (χ1v) is 16.5. The molecule has 15 nitrogen and oxygen atoms in total. The lowest BCUT2D eigenvalue weighted by molar-refractivity contribution is 0.431. The number of aryl methyl sites for hydroxylation is 3. The van der Waals surface area contributed by atoms with Crippen LogP contribution in [0.3, 0.4) is 0 Å². The van der Waals surface area contributed by atoms with E-state index in [4.69, 9.17) is 19.8 Å². The summed E-state index contributed by atoms with van der Waals surface area (Å²) in [4.78, 5) is 9.73. The monoisotopic (exact) mass is 680 g/mol. The Morgan fingerprint density at radius 2 is 1.43 bits per heavy atom. The number of fused-ring (bicyclic) bond motifs is 2. The van der Waals surface area contributed by atoms with Crippen LogP contribution in [0.15, 0.2) is 73.2 Å². The third-order valence-corrected chi connectivity index (χ3v) is 9.06. The summed E-state index contributed by atoms with van der Waals surface area (Å²) in [7, 11) is 7.45. The number of ether oxygens (including phenoxy) is 1. The molecule has 2 N–H and O–H groups in total. The van der Waals surface area contributed by atoms with Gasteiger partial charge in [0.25, 0.3) is 0 Å². The number of hydrogen-bond donors (Lipinski definition) is 2. The van der Waals surface area contributed by atoms with E-state index in [-0.39, 0.29) is 0 Å². The Kier molecular flexibility index (Phi) is 7.86. The molecule has 2 aromatic carbocycles. The Balaban J connectivity index is 1.12. The predicted molar refractivity (Wildman–Crippen MR) is 193 cm³/mol. The van der Waals surface area contributed by atoms with Crippen molar-refractivity contribution < 1.29 is 4.74 Å². The zero-order valence-electron chi connectivity index (χ0n) is 29.1. The van der Waals surface area contributed by atoms with Gasteiger partial charge >= 0.3 is 0 Å². The fourth-order valence-electron chi connectivity index (χ4n) is 6.25.